The molecule has 0 aliphatic carbocycles. The first-order chi connectivity index (χ1) is 11.6. The summed E-state index contributed by atoms with van der Waals surface area (Å²) in [6, 6.07) is 8.10. The van der Waals surface area contributed by atoms with Gasteiger partial charge in [0.1, 0.15) is 0 Å². The Morgan fingerprint density at radius 1 is 1.12 bits per heavy atom. The van der Waals surface area contributed by atoms with Crippen LogP contribution >= 0.6 is 15.9 Å². The van der Waals surface area contributed by atoms with E-state index in [1.807, 2.05) is 0 Å². The van der Waals surface area contributed by atoms with Gasteiger partial charge in [-0.2, -0.15) is 13.2 Å². The smallest absolute Gasteiger partial charge is 0.326 e. The van der Waals surface area contributed by atoms with Crippen molar-refractivity contribution in [1.82, 2.24) is 4.98 Å². The molecule has 2 aromatic rings. The van der Waals surface area contributed by atoms with Gasteiger partial charge in [-0.1, -0.05) is 15.9 Å². The van der Waals surface area contributed by atoms with E-state index in [1.165, 1.54) is 0 Å². The first-order valence-corrected chi connectivity index (χ1v) is 9.34. The van der Waals surface area contributed by atoms with E-state index in [2.05, 4.69) is 26.2 Å². The van der Waals surface area contributed by atoms with Crippen LogP contribution in [0.15, 0.2) is 52.1 Å². The Labute approximate surface area is 150 Å². The highest BCUT2D eigenvalue weighted by atomic mass is 79.9. The van der Waals surface area contributed by atoms with Gasteiger partial charge in [-0.3, -0.25) is 4.79 Å². The number of carbonyl (C=O) groups excluding carboxylic acids is 1. The summed E-state index contributed by atoms with van der Waals surface area (Å²) in [5, 5.41) is 2.03. The van der Waals surface area contributed by atoms with Crippen molar-refractivity contribution < 1.29 is 26.4 Å². The van der Waals surface area contributed by atoms with Gasteiger partial charge < -0.3 is 5.32 Å². The minimum absolute atomic E-state index is 0.346. The maximum Gasteiger partial charge on any atom is 0.417 e. The molecular weight excluding hydrogens is 425 g/mol. The molecule has 0 radical (unpaired) electrons. The summed E-state index contributed by atoms with van der Waals surface area (Å²) >= 11 is 3.24. The van der Waals surface area contributed by atoms with E-state index < -0.39 is 38.3 Å². The monoisotopic (exact) mass is 436 g/mol. The van der Waals surface area contributed by atoms with E-state index in [9.17, 15) is 26.4 Å². The molecule has 1 amide bonds. The zero-order valence-corrected chi connectivity index (χ0v) is 15.0. The molecule has 134 valence electrons. The standard InChI is InChI=1S/C15H12BrF3N2O3S/c16-11-2-4-12(5-3-11)21-13(22)7-8-25(23,24)14-6-1-10(9-20-14)15(17,18)19/h1-6,9H,7-8H2,(H,21,22). The van der Waals surface area contributed by atoms with Gasteiger partial charge in [-0.15, -0.1) is 0 Å². The molecule has 2 rings (SSSR count). The number of hydrogen-bond donors (Lipinski definition) is 1. The molecule has 25 heavy (non-hydrogen) atoms. The second kappa shape index (κ2) is 7.52. The first kappa shape index (κ1) is 19.4. The highest BCUT2D eigenvalue weighted by Gasteiger charge is 2.31. The number of sulfone groups is 1. The lowest BCUT2D eigenvalue weighted by molar-refractivity contribution is -0.137. The lowest BCUT2D eigenvalue weighted by Crippen LogP contribution is -2.18. The Bertz CT molecular complexity index is 851. The minimum atomic E-state index is -4.60. The number of anilines is 1. The van der Waals surface area contributed by atoms with Crippen molar-refractivity contribution in [2.75, 3.05) is 11.1 Å². The Morgan fingerprint density at radius 2 is 1.76 bits per heavy atom. The van der Waals surface area contributed by atoms with E-state index in [0.29, 0.717) is 18.0 Å². The van der Waals surface area contributed by atoms with Gasteiger partial charge in [0, 0.05) is 22.8 Å². The average molecular weight is 437 g/mol. The maximum absolute atomic E-state index is 12.5. The molecule has 10 heteroatoms. The normalized spacial score (nSPS) is 12.0. The van der Waals surface area contributed by atoms with Crippen molar-refractivity contribution in [1.29, 1.82) is 0 Å². The van der Waals surface area contributed by atoms with Crippen LogP contribution in [0.4, 0.5) is 18.9 Å². The second-order valence-electron chi connectivity index (χ2n) is 5.01. The van der Waals surface area contributed by atoms with Gasteiger partial charge >= 0.3 is 6.18 Å². The molecule has 1 N–H and O–H groups in total. The van der Waals surface area contributed by atoms with Crippen molar-refractivity contribution >= 4 is 37.4 Å². The predicted molar refractivity (Wildman–Crippen MR) is 88.7 cm³/mol. The zero-order valence-electron chi connectivity index (χ0n) is 12.5. The maximum atomic E-state index is 12.5. The number of carbonyl (C=O) groups is 1. The van der Waals surface area contributed by atoms with Crippen LogP contribution in [0.3, 0.4) is 0 Å². The highest BCUT2D eigenvalue weighted by molar-refractivity contribution is 9.10. The van der Waals surface area contributed by atoms with E-state index in [0.717, 1.165) is 10.5 Å². The molecule has 0 aliphatic rings. The van der Waals surface area contributed by atoms with Gasteiger partial charge in [0.2, 0.25) is 5.91 Å². The van der Waals surface area contributed by atoms with Gasteiger partial charge in [0.25, 0.3) is 0 Å². The van der Waals surface area contributed by atoms with Gasteiger partial charge in [-0.05, 0) is 36.4 Å². The number of benzene rings is 1. The second-order valence-corrected chi connectivity index (χ2v) is 7.98. The van der Waals surface area contributed by atoms with Crippen LogP contribution < -0.4 is 5.32 Å². The fourth-order valence-corrected chi connectivity index (χ4v) is 3.24. The van der Waals surface area contributed by atoms with Crippen LogP contribution in [-0.2, 0) is 20.8 Å². The third-order valence-corrected chi connectivity index (χ3v) is 5.26. The van der Waals surface area contributed by atoms with E-state index in [-0.39, 0.29) is 6.42 Å². The zero-order chi connectivity index (χ0) is 18.7. The molecular formula is C15H12BrF3N2O3S. The van der Waals surface area contributed by atoms with Crippen molar-refractivity contribution in [2.45, 2.75) is 17.6 Å². The minimum Gasteiger partial charge on any atom is -0.326 e. The Kier molecular flexibility index (Phi) is 5.83. The SMILES string of the molecule is O=C(CCS(=O)(=O)c1ccc(C(F)(F)F)cn1)Nc1ccc(Br)cc1. The van der Waals surface area contributed by atoms with Crippen molar-refractivity contribution in [2.24, 2.45) is 0 Å². The Morgan fingerprint density at radius 3 is 2.28 bits per heavy atom. The van der Waals surface area contributed by atoms with E-state index in [1.54, 1.807) is 24.3 Å². The summed E-state index contributed by atoms with van der Waals surface area (Å²) < 4.78 is 62.3. The third kappa shape index (κ3) is 5.53. The predicted octanol–water partition coefficient (Wildman–Crippen LogP) is 3.67. The largest absolute Gasteiger partial charge is 0.417 e. The molecule has 1 heterocycles. The average Bonchev–Trinajstić information content (AvgIpc) is 2.55. The third-order valence-electron chi connectivity index (χ3n) is 3.11. The topological polar surface area (TPSA) is 76.1 Å². The van der Waals surface area contributed by atoms with Crippen molar-refractivity contribution in [3.63, 3.8) is 0 Å². The fourth-order valence-electron chi connectivity index (χ4n) is 1.82. The van der Waals surface area contributed by atoms with Gasteiger partial charge in [-0.25, -0.2) is 13.4 Å². The number of pyridine rings is 1. The molecule has 0 fully saturated rings. The molecule has 1 aromatic carbocycles. The molecule has 0 bridgehead atoms. The van der Waals surface area contributed by atoms with E-state index >= 15 is 0 Å². The number of alkyl halides is 3. The lowest BCUT2D eigenvalue weighted by Gasteiger charge is -2.08. The quantitative estimate of drug-likeness (QED) is 0.775. The van der Waals surface area contributed by atoms with Gasteiger partial charge in [0.15, 0.2) is 14.9 Å². The van der Waals surface area contributed by atoms with Crippen LogP contribution in [0.5, 0.6) is 0 Å². The molecule has 0 aliphatic heterocycles. The molecule has 0 unspecified atom stereocenters. The first-order valence-electron chi connectivity index (χ1n) is 6.89. The number of rotatable bonds is 5. The molecule has 5 nitrogen and oxygen atoms in total. The summed E-state index contributed by atoms with van der Waals surface area (Å²) in [6.07, 6.45) is -4.49. The number of amides is 1. The summed E-state index contributed by atoms with van der Waals surface area (Å²) in [6.45, 7) is 0. The Balaban J connectivity index is 1.98. The Hall–Kier alpha value is -1.94. The van der Waals surface area contributed by atoms with Crippen LogP contribution in [0, 0.1) is 0 Å². The summed E-state index contributed by atoms with van der Waals surface area (Å²) in [5.74, 6) is -1.09. The number of aromatic nitrogens is 1. The summed E-state index contributed by atoms with van der Waals surface area (Å²) in [7, 11) is -3.96. The molecule has 0 saturated heterocycles. The fraction of sp³-hybridized carbons (Fsp3) is 0.200. The van der Waals surface area contributed by atoms with Crippen molar-refractivity contribution in [3.05, 3.63) is 52.6 Å². The lowest BCUT2D eigenvalue weighted by atomic mass is 10.3. The van der Waals surface area contributed by atoms with Crippen molar-refractivity contribution in [3.8, 4) is 0 Å². The summed E-state index contributed by atoms with van der Waals surface area (Å²) in [5.41, 5.74) is -0.544. The number of nitrogens with one attached hydrogen (secondary N) is 1. The van der Waals surface area contributed by atoms with Crippen LogP contribution in [-0.4, -0.2) is 25.1 Å². The van der Waals surface area contributed by atoms with Crippen LogP contribution in [0.2, 0.25) is 0 Å². The van der Waals surface area contributed by atoms with Crippen LogP contribution in [0.25, 0.3) is 0 Å². The highest BCUT2D eigenvalue weighted by Crippen LogP contribution is 2.28. The van der Waals surface area contributed by atoms with E-state index in [4.69, 9.17) is 0 Å². The molecule has 0 atom stereocenters. The number of nitrogens with zero attached hydrogens (tertiary/aromatic N) is 1. The number of halogens is 4. The molecule has 0 spiro atoms. The van der Waals surface area contributed by atoms with Gasteiger partial charge in [0.05, 0.1) is 11.3 Å². The van der Waals surface area contributed by atoms with Crippen LogP contribution in [0.1, 0.15) is 12.0 Å². The molecule has 1 aromatic heterocycles. The summed E-state index contributed by atoms with van der Waals surface area (Å²) in [4.78, 5) is 15.1. The molecule has 0 saturated carbocycles. The number of hydrogen-bond acceptors (Lipinski definition) is 4.